The van der Waals surface area contributed by atoms with Crippen LogP contribution in [0.4, 0.5) is 0 Å². The number of nitrogens with zero attached hydrogens (tertiary/aromatic N) is 1. The lowest BCUT2D eigenvalue weighted by Crippen LogP contribution is -2.53. The molecule has 0 bridgehead atoms. The molecule has 0 aliphatic carbocycles. The van der Waals surface area contributed by atoms with E-state index in [4.69, 9.17) is 13.8 Å². The van der Waals surface area contributed by atoms with Gasteiger partial charge in [0.15, 0.2) is 0 Å². The molecule has 8 aromatic carbocycles. The molecule has 53 heavy (non-hydrogen) atoms. The van der Waals surface area contributed by atoms with Gasteiger partial charge in [0.05, 0.1) is 11.0 Å². The van der Waals surface area contributed by atoms with Crippen LogP contribution >= 0.6 is 0 Å². The zero-order valence-corrected chi connectivity index (χ0v) is 28.4. The largest absolute Gasteiger partial charge is 0.551 e. The number of hydrogen-bond donors (Lipinski definition) is 0. The molecular formula is C48H28BNO3. The maximum Gasteiger partial charge on any atom is 0.434 e. The van der Waals surface area contributed by atoms with E-state index in [1.807, 2.05) is 12.1 Å². The Hall–Kier alpha value is -6.98. The summed E-state index contributed by atoms with van der Waals surface area (Å²) in [6.07, 6.45) is 0. The highest BCUT2D eigenvalue weighted by Crippen LogP contribution is 2.42. The number of hydrogen-bond acceptors (Lipinski definition) is 3. The van der Waals surface area contributed by atoms with Crippen LogP contribution in [0.15, 0.2) is 174 Å². The fraction of sp³-hybridized carbons (Fsp3) is 0. The van der Waals surface area contributed by atoms with Crippen molar-refractivity contribution in [2.75, 3.05) is 0 Å². The van der Waals surface area contributed by atoms with E-state index in [1.54, 1.807) is 0 Å². The van der Waals surface area contributed by atoms with Gasteiger partial charge in [-0.3, -0.25) is 0 Å². The number of furan rings is 1. The molecule has 12 rings (SSSR count). The number of aromatic nitrogens is 1. The Morgan fingerprint density at radius 2 is 1.08 bits per heavy atom. The molecule has 5 heteroatoms. The number of ether oxygens (including phenoxy) is 1. The number of rotatable bonds is 3. The molecule has 246 valence electrons. The standard InChI is InChI=1S/C48H28BNO3/c1-4-15-41-34(11-1)35-12-2-5-16-42(35)50(41)33-10-7-9-29(25-33)32-20-23-40-47(28-32)52-45-18-8-14-38-37-22-19-31(27-46(37)53-49(40)48(38)45)30-21-24-44-39(26-30)36-13-3-6-17-43(36)51-44/h1-28H. The van der Waals surface area contributed by atoms with Gasteiger partial charge in [-0.05, 0) is 88.5 Å². The van der Waals surface area contributed by atoms with Crippen LogP contribution < -0.4 is 20.3 Å². The minimum absolute atomic E-state index is 0.286. The molecule has 4 nitrogen and oxygen atoms in total. The first kappa shape index (κ1) is 28.7. The van der Waals surface area contributed by atoms with Gasteiger partial charge < -0.3 is 18.4 Å². The highest BCUT2D eigenvalue weighted by atomic mass is 16.5. The molecule has 2 aliphatic heterocycles. The van der Waals surface area contributed by atoms with Gasteiger partial charge in [-0.1, -0.05) is 109 Å². The van der Waals surface area contributed by atoms with Crippen molar-refractivity contribution in [3.63, 3.8) is 0 Å². The number of para-hydroxylation sites is 3. The van der Waals surface area contributed by atoms with Gasteiger partial charge in [0.1, 0.15) is 28.4 Å². The summed E-state index contributed by atoms with van der Waals surface area (Å²) >= 11 is 0. The van der Waals surface area contributed by atoms with E-state index in [0.29, 0.717) is 0 Å². The van der Waals surface area contributed by atoms with Gasteiger partial charge in [-0.15, -0.1) is 0 Å². The predicted molar refractivity (Wildman–Crippen MR) is 217 cm³/mol. The van der Waals surface area contributed by atoms with Gasteiger partial charge in [0.25, 0.3) is 0 Å². The van der Waals surface area contributed by atoms with Crippen molar-refractivity contribution in [2.24, 2.45) is 0 Å². The summed E-state index contributed by atoms with van der Waals surface area (Å²) in [4.78, 5) is 0. The van der Waals surface area contributed by atoms with E-state index in [0.717, 1.165) is 89.2 Å². The first-order valence-electron chi connectivity index (χ1n) is 18.0. The second-order valence-corrected chi connectivity index (χ2v) is 14.0. The average molecular weight is 678 g/mol. The highest BCUT2D eigenvalue weighted by molar-refractivity contribution is 6.84. The molecule has 10 aromatic rings. The van der Waals surface area contributed by atoms with E-state index in [9.17, 15) is 0 Å². The third-order valence-corrected chi connectivity index (χ3v) is 11.1. The summed E-state index contributed by atoms with van der Waals surface area (Å²) in [6, 6.07) is 60.0. The summed E-state index contributed by atoms with van der Waals surface area (Å²) in [5.41, 5.74) is 14.0. The molecular weight excluding hydrogens is 649 g/mol. The third-order valence-electron chi connectivity index (χ3n) is 11.1. The van der Waals surface area contributed by atoms with Crippen molar-refractivity contribution in [3.05, 3.63) is 170 Å². The van der Waals surface area contributed by atoms with Crippen molar-refractivity contribution in [1.82, 2.24) is 4.57 Å². The summed E-state index contributed by atoms with van der Waals surface area (Å²) < 4.78 is 22.1. The summed E-state index contributed by atoms with van der Waals surface area (Å²) in [6.45, 7) is -0.286. The van der Waals surface area contributed by atoms with Crippen LogP contribution in [0.2, 0.25) is 0 Å². The van der Waals surface area contributed by atoms with Crippen molar-refractivity contribution in [1.29, 1.82) is 0 Å². The molecule has 0 saturated heterocycles. The second-order valence-electron chi connectivity index (χ2n) is 14.0. The molecule has 0 amide bonds. The number of fused-ring (bicyclic) bond motifs is 10. The van der Waals surface area contributed by atoms with Crippen molar-refractivity contribution in [2.45, 2.75) is 0 Å². The summed E-state index contributed by atoms with van der Waals surface area (Å²) in [5, 5.41) is 4.74. The zero-order chi connectivity index (χ0) is 34.6. The molecule has 2 aromatic heterocycles. The van der Waals surface area contributed by atoms with Crippen LogP contribution in [-0.2, 0) is 0 Å². The SMILES string of the molecule is c1cc(-c2ccc3c(c2)Oc2cccc4c2B3Oc2cc(-c3ccc5oc6ccccc6c5c3)ccc2-4)cc(-n2c3ccccc3c3ccccc32)c1. The van der Waals surface area contributed by atoms with E-state index >= 15 is 0 Å². The molecule has 0 radical (unpaired) electrons. The first-order chi connectivity index (χ1) is 26.2. The van der Waals surface area contributed by atoms with Crippen LogP contribution in [0.25, 0.3) is 82.8 Å². The Morgan fingerprint density at radius 1 is 0.415 bits per heavy atom. The monoisotopic (exact) mass is 677 g/mol. The van der Waals surface area contributed by atoms with E-state index < -0.39 is 0 Å². The normalized spacial score (nSPS) is 12.8. The quantitative estimate of drug-likeness (QED) is 0.175. The summed E-state index contributed by atoms with van der Waals surface area (Å²) in [5.74, 6) is 2.52. The lowest BCUT2D eigenvalue weighted by atomic mass is 9.51. The average Bonchev–Trinajstić information content (AvgIpc) is 3.76. The number of benzene rings is 8. The maximum absolute atomic E-state index is 6.96. The minimum atomic E-state index is -0.286. The fourth-order valence-electron chi connectivity index (χ4n) is 8.63. The van der Waals surface area contributed by atoms with E-state index in [1.165, 1.54) is 21.8 Å². The molecule has 0 atom stereocenters. The van der Waals surface area contributed by atoms with E-state index in [-0.39, 0.29) is 6.92 Å². The Balaban J connectivity index is 0.935. The van der Waals surface area contributed by atoms with Gasteiger partial charge in [-0.2, -0.15) is 0 Å². The maximum atomic E-state index is 6.96. The lowest BCUT2D eigenvalue weighted by Gasteiger charge is -2.33. The lowest BCUT2D eigenvalue weighted by molar-refractivity contribution is 0.479. The Kier molecular flexibility index (Phi) is 5.83. The predicted octanol–water partition coefficient (Wildman–Crippen LogP) is 11.3. The van der Waals surface area contributed by atoms with Crippen LogP contribution in [-0.4, -0.2) is 11.5 Å². The van der Waals surface area contributed by atoms with E-state index in [2.05, 4.69) is 162 Å². The third kappa shape index (κ3) is 4.19. The van der Waals surface area contributed by atoms with Gasteiger partial charge in [0, 0.05) is 43.7 Å². The minimum Gasteiger partial charge on any atom is -0.551 e. The van der Waals surface area contributed by atoms with Gasteiger partial charge in [0.2, 0.25) is 0 Å². The van der Waals surface area contributed by atoms with Crippen LogP contribution in [0.5, 0.6) is 17.2 Å². The Morgan fingerprint density at radius 3 is 1.92 bits per heavy atom. The van der Waals surface area contributed by atoms with Gasteiger partial charge in [-0.25, -0.2) is 0 Å². The van der Waals surface area contributed by atoms with Crippen LogP contribution in [0.1, 0.15) is 0 Å². The molecule has 2 aliphatic rings. The molecule has 0 N–H and O–H groups in total. The summed E-state index contributed by atoms with van der Waals surface area (Å²) in [7, 11) is 0. The topological polar surface area (TPSA) is 36.5 Å². The van der Waals surface area contributed by atoms with Crippen LogP contribution in [0.3, 0.4) is 0 Å². The van der Waals surface area contributed by atoms with Crippen LogP contribution in [0, 0.1) is 0 Å². The molecule has 0 fully saturated rings. The zero-order valence-electron chi connectivity index (χ0n) is 28.4. The Bertz CT molecular complexity index is 3100. The van der Waals surface area contributed by atoms with Crippen molar-refractivity contribution < 1.29 is 13.8 Å². The Labute approximate surface area is 305 Å². The van der Waals surface area contributed by atoms with Crippen molar-refractivity contribution in [3.8, 4) is 56.3 Å². The first-order valence-corrected chi connectivity index (χ1v) is 18.0. The van der Waals surface area contributed by atoms with Gasteiger partial charge >= 0.3 is 6.92 Å². The fourth-order valence-corrected chi connectivity index (χ4v) is 8.63. The van der Waals surface area contributed by atoms with Crippen molar-refractivity contribution >= 4 is 61.6 Å². The highest BCUT2D eigenvalue weighted by Gasteiger charge is 2.40. The molecule has 0 spiro atoms. The molecule has 4 heterocycles. The molecule has 0 unspecified atom stereocenters. The second kappa shape index (κ2) is 10.8. The smallest absolute Gasteiger partial charge is 0.434 e. The molecule has 0 saturated carbocycles.